The number of hydrogen-bond donors (Lipinski definition) is 8. The summed E-state index contributed by atoms with van der Waals surface area (Å²) in [5.74, 6) is 6.65. The summed E-state index contributed by atoms with van der Waals surface area (Å²) in [5.41, 5.74) is 7.03. The van der Waals surface area contributed by atoms with E-state index in [9.17, 15) is 38.4 Å². The highest BCUT2D eigenvalue weighted by Crippen LogP contribution is 2.32. The minimum Gasteiger partial charge on any atom is -0.383 e. The summed E-state index contributed by atoms with van der Waals surface area (Å²) >= 11 is 0. The summed E-state index contributed by atoms with van der Waals surface area (Å²) in [4.78, 5) is 97.9. The van der Waals surface area contributed by atoms with E-state index in [1.54, 1.807) is 0 Å². The largest absolute Gasteiger partial charge is 0.383 e. The molecule has 0 radical (unpaired) electrons. The van der Waals surface area contributed by atoms with Crippen LogP contribution < -0.4 is 42.5 Å². The van der Waals surface area contributed by atoms with Gasteiger partial charge in [-0.3, -0.25) is 48.2 Å². The smallest absolute Gasteiger partial charge is 0.149 e. The Morgan fingerprint density at radius 3 is 0.847 bits per heavy atom. The second kappa shape index (κ2) is 69.0. The lowest BCUT2D eigenvalue weighted by molar-refractivity contribution is -0.127. The lowest BCUT2D eigenvalue weighted by Crippen LogP contribution is -2.49. The highest BCUT2D eigenvalue weighted by atomic mass is 16.2. The average Bonchev–Trinajstić information content (AvgIpc) is 0.871. The van der Waals surface area contributed by atoms with Crippen LogP contribution in [0.1, 0.15) is 373 Å². The van der Waals surface area contributed by atoms with Gasteiger partial charge in [-0.2, -0.15) is 0 Å². The molecule has 1 heterocycles. The van der Waals surface area contributed by atoms with Gasteiger partial charge in [0.25, 0.3) is 0 Å². The van der Waals surface area contributed by atoms with Crippen LogP contribution in [0.15, 0.2) is 72.8 Å². The Labute approximate surface area is 803 Å². The molecular weight excluding hydrogens is 1630 g/mol. The number of anilines is 3. The number of carbonyl (C=O) groups is 8. The summed E-state index contributed by atoms with van der Waals surface area (Å²) in [6, 6.07) is 31.8. The zero-order valence-electron chi connectivity index (χ0n) is 89.9. The van der Waals surface area contributed by atoms with Gasteiger partial charge in [-0.1, -0.05) is 216 Å². The predicted molar refractivity (Wildman–Crippen MR) is 561 cm³/mol. The normalized spacial score (nSPS) is 19.5. The van der Waals surface area contributed by atoms with Crippen molar-refractivity contribution in [3.05, 3.63) is 89.5 Å². The number of benzene rings is 3. The van der Waals surface area contributed by atoms with Crippen LogP contribution in [0.2, 0.25) is 0 Å². The van der Waals surface area contributed by atoms with Crippen LogP contribution >= 0.6 is 0 Å². The molecule has 0 atom stereocenters. The molecule has 18 nitrogen and oxygen atoms in total. The topological polar surface area (TPSA) is 239 Å². The molecule has 3 aromatic carbocycles. The average molecular weight is 1830 g/mol. The molecule has 0 aromatic heterocycles. The summed E-state index contributed by atoms with van der Waals surface area (Å²) < 4.78 is 0. The molecule has 0 bridgehead atoms. The number of nitrogens with zero attached hydrogens (tertiary/aromatic N) is 2. The number of rotatable bonds is 43. The van der Waals surface area contributed by atoms with Gasteiger partial charge in [-0.25, -0.2) is 0 Å². The van der Waals surface area contributed by atoms with E-state index in [1.807, 2.05) is 135 Å². The molecular formula is C113H202N10O8. The number of aryl methyl sites for hydroxylation is 2. The van der Waals surface area contributed by atoms with Crippen LogP contribution in [0, 0.1) is 71.0 Å². The Kier molecular flexibility index (Phi) is 64.9. The predicted octanol–water partition coefficient (Wildman–Crippen LogP) is 23.7. The second-order valence-corrected chi connectivity index (χ2v) is 43.8. The minimum absolute atomic E-state index is 0.119. The molecule has 4 aliphatic carbocycles. The van der Waals surface area contributed by atoms with Gasteiger partial charge >= 0.3 is 0 Å². The van der Waals surface area contributed by atoms with Crippen molar-refractivity contribution < 1.29 is 38.4 Å². The zero-order valence-corrected chi connectivity index (χ0v) is 89.9. The van der Waals surface area contributed by atoms with Crippen LogP contribution in [0.3, 0.4) is 0 Å². The first kappa shape index (κ1) is 123. The molecule has 8 N–H and O–H groups in total. The maximum absolute atomic E-state index is 11.8. The fraction of sp³-hybridized carbons (Fsp3) is 0.770. The Balaban J connectivity index is 0.000000749. The van der Waals surface area contributed by atoms with E-state index in [4.69, 9.17) is 0 Å². The lowest BCUT2D eigenvalue weighted by atomic mass is 9.80. The molecule has 3 aromatic rings. The molecule has 0 unspecified atom stereocenters. The van der Waals surface area contributed by atoms with Crippen molar-refractivity contribution in [3.63, 3.8) is 0 Å². The first-order chi connectivity index (χ1) is 61.4. The zero-order chi connectivity index (χ0) is 99.2. The van der Waals surface area contributed by atoms with E-state index in [0.29, 0.717) is 168 Å². The van der Waals surface area contributed by atoms with Crippen molar-refractivity contribution in [3.8, 4) is 0 Å². The summed E-state index contributed by atoms with van der Waals surface area (Å²) in [6.07, 6.45) is 25.2. The summed E-state index contributed by atoms with van der Waals surface area (Å²) in [6.45, 7) is 73.4. The highest BCUT2D eigenvalue weighted by Gasteiger charge is 2.31. The Morgan fingerprint density at radius 2 is 0.565 bits per heavy atom. The molecule has 18 heteroatoms. The number of ketones is 8. The molecule has 0 amide bonds. The third kappa shape index (κ3) is 60.4. The van der Waals surface area contributed by atoms with Gasteiger partial charge in [0.15, 0.2) is 0 Å². The SMILES string of the molecule is CC(C)NC1CCC(C(=O)C(C)C)CC1.CC(C)NC1CCC(C(=O)C(C)C)CC1.CC(C)NC1CCC(CC(=O)C(C)C)CC1.CC(C)NC1CCC(CC(=O)C(C)C)CC1.CC(C)NCCN1CCN(CC(=O)C(C)C)CC1.CC(C)Nc1ccc(CC(=O)C(C)C)cc1.CC(C)Nc1ccc(CCC(=O)C(C)C)cc1.CC(C)Nc1ccc(CCCC(=O)C(C)C)cc1. The third-order valence-electron chi connectivity index (χ3n) is 25.2. The van der Waals surface area contributed by atoms with Crippen LogP contribution in [0.5, 0.6) is 0 Å². The lowest BCUT2D eigenvalue weighted by Gasteiger charge is -2.34. The van der Waals surface area contributed by atoms with Crippen molar-refractivity contribution >= 4 is 63.3 Å². The van der Waals surface area contributed by atoms with Crippen molar-refractivity contribution in [2.75, 3.05) is 61.8 Å². The Morgan fingerprint density at radius 1 is 0.282 bits per heavy atom. The standard InChI is InChI=1S/C16H25NO.C15H23NO.C14H29N3O.2C14H27NO.C14H21NO.2C13H25NO/c1-12(2)16(18)7-5-6-14-8-10-15(11-9-14)17-13(3)4;1-11(2)15(17)10-7-13-5-8-14(9-6-13)16-12(3)4;1-12(2)14(18)11-17-9-7-16(8-10-17)6-5-15-13(3)4;3*1-10(2)14(16)9-12-5-7-13(8-6-12)15-11(3)4;2*1-9(2)13(15)11-5-7-12(8-6-11)14-10(3)4/h8-13,17H,5-7H2,1-4H3;5-6,8-9,11-12,16H,7,10H2,1-4H3;12-13,15H,5-11H2,1-4H3;2*10-13,15H,5-9H2,1-4H3;5-8,10-11,15H,9H2,1-4H3;2*9-12,14H,5-8H2,1-4H3. The molecule has 131 heavy (non-hydrogen) atoms. The maximum Gasteiger partial charge on any atom is 0.149 e. The van der Waals surface area contributed by atoms with Crippen LogP contribution in [-0.2, 0) is 57.6 Å². The van der Waals surface area contributed by atoms with Crippen LogP contribution in [0.4, 0.5) is 17.1 Å². The van der Waals surface area contributed by atoms with Gasteiger partial charge < -0.3 is 42.5 Å². The minimum atomic E-state index is 0.119. The molecule has 752 valence electrons. The van der Waals surface area contributed by atoms with Crippen molar-refractivity contribution in [2.24, 2.45) is 71.0 Å². The molecule has 5 fully saturated rings. The van der Waals surface area contributed by atoms with E-state index < -0.39 is 0 Å². The molecule has 5 aliphatic rings. The molecule has 8 rings (SSSR count). The van der Waals surface area contributed by atoms with Crippen LogP contribution in [-0.4, -0.2) is 174 Å². The van der Waals surface area contributed by atoms with Crippen molar-refractivity contribution in [1.82, 2.24) is 36.4 Å². The molecule has 4 saturated carbocycles. The number of carbonyl (C=O) groups excluding carboxylic acids is 8. The van der Waals surface area contributed by atoms with Gasteiger partial charge in [-0.05, 0) is 228 Å². The van der Waals surface area contributed by atoms with E-state index in [-0.39, 0.29) is 47.3 Å². The number of nitrogens with one attached hydrogen (secondary N) is 8. The first-order valence-electron chi connectivity index (χ1n) is 52.5. The van der Waals surface area contributed by atoms with Gasteiger partial charge in [-0.15, -0.1) is 0 Å². The number of Topliss-reactive ketones (excluding diaryl/α,β-unsaturated/α-hetero) is 8. The van der Waals surface area contributed by atoms with E-state index >= 15 is 0 Å². The van der Waals surface area contributed by atoms with Crippen molar-refractivity contribution in [1.29, 1.82) is 0 Å². The van der Waals surface area contributed by atoms with Crippen molar-refractivity contribution in [2.45, 2.75) is 448 Å². The van der Waals surface area contributed by atoms with E-state index in [2.05, 4.69) is 212 Å². The van der Waals surface area contributed by atoms with E-state index in [0.717, 1.165) is 120 Å². The quantitative estimate of drug-likeness (QED) is 0.0263. The number of hydrogen-bond acceptors (Lipinski definition) is 18. The molecule has 0 spiro atoms. The monoisotopic (exact) mass is 1830 g/mol. The first-order valence-corrected chi connectivity index (χ1v) is 52.5. The second-order valence-electron chi connectivity index (χ2n) is 43.8. The Hall–Kier alpha value is -5.86. The van der Waals surface area contributed by atoms with E-state index in [1.165, 1.54) is 88.2 Å². The summed E-state index contributed by atoms with van der Waals surface area (Å²) in [5, 5.41) is 27.8. The van der Waals surface area contributed by atoms with Gasteiger partial charge in [0.1, 0.15) is 46.3 Å². The number of piperazine rings is 1. The molecule has 1 saturated heterocycles. The highest BCUT2D eigenvalue weighted by molar-refractivity contribution is 5.85. The van der Waals surface area contributed by atoms with Gasteiger partial charge in [0, 0.05) is 220 Å². The third-order valence-corrected chi connectivity index (χ3v) is 25.2. The fourth-order valence-electron chi connectivity index (χ4n) is 17.1. The maximum atomic E-state index is 11.8. The Bertz CT molecular complexity index is 3410. The fourth-order valence-corrected chi connectivity index (χ4v) is 17.1. The summed E-state index contributed by atoms with van der Waals surface area (Å²) in [7, 11) is 0. The van der Waals surface area contributed by atoms with Gasteiger partial charge in [0.05, 0.1) is 6.54 Å². The van der Waals surface area contributed by atoms with Crippen LogP contribution in [0.25, 0.3) is 0 Å². The van der Waals surface area contributed by atoms with Gasteiger partial charge in [0.2, 0.25) is 0 Å². The molecule has 1 aliphatic heterocycles.